The van der Waals surface area contributed by atoms with Crippen LogP contribution in [-0.4, -0.2) is 38.9 Å². The zero-order valence-electron chi connectivity index (χ0n) is 21.9. The number of likely N-dealkylation sites (tertiary alicyclic amines) is 1. The Morgan fingerprint density at radius 3 is 2.32 bits per heavy atom. The van der Waals surface area contributed by atoms with Gasteiger partial charge in [0.05, 0.1) is 4.90 Å². The Hall–Kier alpha value is -3.07. The predicted octanol–water partition coefficient (Wildman–Crippen LogP) is 5.71. The first kappa shape index (κ1) is 28.0. The first-order valence-corrected chi connectivity index (χ1v) is 14.7. The highest BCUT2D eigenvalue weighted by molar-refractivity contribution is 7.89. The van der Waals surface area contributed by atoms with E-state index in [0.717, 1.165) is 55.9 Å². The van der Waals surface area contributed by atoms with Gasteiger partial charge in [-0.1, -0.05) is 56.3 Å². The molecule has 1 atom stereocenters. The molecule has 0 aliphatic carbocycles. The molecule has 1 unspecified atom stereocenters. The summed E-state index contributed by atoms with van der Waals surface area (Å²) in [7, 11) is -3.81. The van der Waals surface area contributed by atoms with Gasteiger partial charge in [0, 0.05) is 17.6 Å². The van der Waals surface area contributed by atoms with Crippen LogP contribution >= 0.6 is 0 Å². The Morgan fingerprint density at radius 2 is 1.66 bits per heavy atom. The molecule has 0 saturated carbocycles. The first-order valence-electron chi connectivity index (χ1n) is 13.2. The molecule has 1 heterocycles. The topological polar surface area (TPSA) is 78.5 Å². The van der Waals surface area contributed by atoms with Crippen molar-refractivity contribution in [1.29, 1.82) is 0 Å². The van der Waals surface area contributed by atoms with Gasteiger partial charge in [0.15, 0.2) is 0 Å². The summed E-state index contributed by atoms with van der Waals surface area (Å²) in [6.45, 7) is 6.34. The van der Waals surface area contributed by atoms with Crippen molar-refractivity contribution >= 4 is 21.6 Å². The van der Waals surface area contributed by atoms with Crippen LogP contribution in [0.3, 0.4) is 0 Å². The monoisotopic (exact) mass is 537 g/mol. The number of rotatable bonds is 10. The standard InChI is InChI=1S/C30H36FN3O3S/c1-22(2)30(35)32-27-10-6-9-25(21-27)23-15-18-34(19-16-23)20-17-29(24-7-4-3-5-8-24)33-38(36,37)28-13-11-26(31)12-14-28/h3-14,21-23,29,33H,15-20H2,1-2H3,(H,32,35). The number of nitrogens with one attached hydrogen (secondary N) is 2. The molecule has 1 fully saturated rings. The largest absolute Gasteiger partial charge is 0.326 e. The van der Waals surface area contributed by atoms with Crippen molar-refractivity contribution in [2.45, 2.75) is 50.0 Å². The fraction of sp³-hybridized carbons (Fsp3) is 0.367. The van der Waals surface area contributed by atoms with E-state index in [9.17, 15) is 17.6 Å². The van der Waals surface area contributed by atoms with Crippen LogP contribution in [0.5, 0.6) is 0 Å². The molecule has 2 N–H and O–H groups in total. The molecule has 8 heteroatoms. The minimum Gasteiger partial charge on any atom is -0.326 e. The number of anilines is 1. The summed E-state index contributed by atoms with van der Waals surface area (Å²) in [5, 5.41) is 2.99. The van der Waals surface area contributed by atoms with E-state index in [-0.39, 0.29) is 16.7 Å². The average molecular weight is 538 g/mol. The average Bonchev–Trinajstić information content (AvgIpc) is 2.92. The van der Waals surface area contributed by atoms with Crippen molar-refractivity contribution < 1.29 is 17.6 Å². The van der Waals surface area contributed by atoms with Crippen molar-refractivity contribution in [1.82, 2.24) is 9.62 Å². The Morgan fingerprint density at radius 1 is 0.974 bits per heavy atom. The lowest BCUT2D eigenvalue weighted by atomic mass is 9.89. The Balaban J connectivity index is 1.36. The smallest absolute Gasteiger partial charge is 0.241 e. The molecule has 3 aromatic carbocycles. The third kappa shape index (κ3) is 7.49. The van der Waals surface area contributed by atoms with Crippen molar-refractivity contribution in [3.63, 3.8) is 0 Å². The van der Waals surface area contributed by atoms with Crippen molar-refractivity contribution in [3.8, 4) is 0 Å². The molecule has 0 bridgehead atoms. The predicted molar refractivity (Wildman–Crippen MR) is 149 cm³/mol. The molecular weight excluding hydrogens is 501 g/mol. The van der Waals surface area contributed by atoms with Crippen LogP contribution in [0.4, 0.5) is 10.1 Å². The SMILES string of the molecule is CC(C)C(=O)Nc1cccc(C2CCN(CCC(NS(=O)(=O)c3ccc(F)cc3)c3ccccc3)CC2)c1. The Labute approximate surface area is 225 Å². The van der Waals surface area contributed by atoms with E-state index in [4.69, 9.17) is 0 Å². The van der Waals surface area contributed by atoms with Gasteiger partial charge in [0.25, 0.3) is 0 Å². The molecule has 6 nitrogen and oxygen atoms in total. The van der Waals surface area contributed by atoms with E-state index < -0.39 is 21.9 Å². The normalized spacial score (nSPS) is 15.9. The number of nitrogens with zero attached hydrogens (tertiary/aromatic N) is 1. The Kier molecular flexibility index (Phi) is 9.31. The van der Waals surface area contributed by atoms with Gasteiger partial charge < -0.3 is 10.2 Å². The van der Waals surface area contributed by atoms with E-state index in [2.05, 4.69) is 27.1 Å². The molecule has 1 saturated heterocycles. The molecule has 1 amide bonds. The van der Waals surface area contributed by atoms with Gasteiger partial charge in [-0.15, -0.1) is 0 Å². The summed E-state index contributed by atoms with van der Waals surface area (Å²) in [6.07, 6.45) is 2.61. The van der Waals surface area contributed by atoms with Crippen LogP contribution in [-0.2, 0) is 14.8 Å². The molecule has 4 rings (SSSR count). The van der Waals surface area contributed by atoms with Crippen LogP contribution in [0.15, 0.2) is 83.8 Å². The van der Waals surface area contributed by atoms with Crippen LogP contribution in [0, 0.1) is 11.7 Å². The van der Waals surface area contributed by atoms with Crippen molar-refractivity contribution in [2.24, 2.45) is 5.92 Å². The number of hydrogen-bond acceptors (Lipinski definition) is 4. The summed E-state index contributed by atoms with van der Waals surface area (Å²) in [5.74, 6) is -0.107. The molecule has 1 aliphatic rings. The number of piperidine rings is 1. The maximum absolute atomic E-state index is 13.3. The van der Waals surface area contributed by atoms with E-state index in [1.165, 1.54) is 17.7 Å². The van der Waals surface area contributed by atoms with E-state index in [1.807, 2.05) is 56.3 Å². The summed E-state index contributed by atoms with van der Waals surface area (Å²) < 4.78 is 42.2. The second-order valence-electron chi connectivity index (χ2n) is 10.2. The number of carbonyl (C=O) groups excluding carboxylic acids is 1. The number of sulfonamides is 1. The van der Waals surface area contributed by atoms with Crippen molar-refractivity contribution in [3.05, 3.63) is 95.8 Å². The van der Waals surface area contributed by atoms with Gasteiger partial charge in [-0.25, -0.2) is 17.5 Å². The first-order chi connectivity index (χ1) is 18.2. The molecule has 3 aromatic rings. The van der Waals surface area contributed by atoms with Gasteiger partial charge in [0.1, 0.15) is 5.82 Å². The maximum Gasteiger partial charge on any atom is 0.241 e. The van der Waals surface area contributed by atoms with E-state index >= 15 is 0 Å². The van der Waals surface area contributed by atoms with Gasteiger partial charge in [-0.05, 0) is 92.3 Å². The lowest BCUT2D eigenvalue weighted by molar-refractivity contribution is -0.118. The molecule has 0 aromatic heterocycles. The minimum atomic E-state index is -3.81. The summed E-state index contributed by atoms with van der Waals surface area (Å²) in [4.78, 5) is 14.5. The number of hydrogen-bond donors (Lipinski definition) is 2. The molecule has 0 radical (unpaired) electrons. The molecule has 38 heavy (non-hydrogen) atoms. The zero-order chi connectivity index (χ0) is 27.1. The lowest BCUT2D eigenvalue weighted by Gasteiger charge is -2.33. The van der Waals surface area contributed by atoms with Crippen LogP contribution < -0.4 is 10.0 Å². The highest BCUT2D eigenvalue weighted by Gasteiger charge is 2.25. The number of benzene rings is 3. The molecule has 0 spiro atoms. The highest BCUT2D eigenvalue weighted by atomic mass is 32.2. The van der Waals surface area contributed by atoms with Crippen LogP contribution in [0.2, 0.25) is 0 Å². The molecule has 202 valence electrons. The van der Waals surface area contributed by atoms with Gasteiger partial charge >= 0.3 is 0 Å². The molecular formula is C30H36FN3O3S. The van der Waals surface area contributed by atoms with Gasteiger partial charge in [0.2, 0.25) is 15.9 Å². The fourth-order valence-corrected chi connectivity index (χ4v) is 6.07. The third-order valence-corrected chi connectivity index (χ3v) is 8.58. The quantitative estimate of drug-likeness (QED) is 0.347. The van der Waals surface area contributed by atoms with Gasteiger partial charge in [-0.3, -0.25) is 4.79 Å². The number of halogens is 1. The van der Waals surface area contributed by atoms with Gasteiger partial charge in [-0.2, -0.15) is 0 Å². The van der Waals surface area contributed by atoms with Crippen molar-refractivity contribution in [2.75, 3.05) is 25.0 Å². The van der Waals surface area contributed by atoms with E-state index in [0.29, 0.717) is 12.3 Å². The minimum absolute atomic E-state index is 0.0139. The summed E-state index contributed by atoms with van der Waals surface area (Å²) in [5.41, 5.74) is 2.97. The highest BCUT2D eigenvalue weighted by Crippen LogP contribution is 2.30. The lowest BCUT2D eigenvalue weighted by Crippen LogP contribution is -2.36. The maximum atomic E-state index is 13.3. The second kappa shape index (κ2) is 12.7. The zero-order valence-corrected chi connectivity index (χ0v) is 22.8. The number of carbonyl (C=O) groups is 1. The van der Waals surface area contributed by atoms with Crippen LogP contribution in [0.25, 0.3) is 0 Å². The summed E-state index contributed by atoms with van der Waals surface area (Å²) in [6, 6.07) is 22.2. The van der Waals surface area contributed by atoms with Crippen LogP contribution in [0.1, 0.15) is 56.2 Å². The Bertz CT molecular complexity index is 1310. The second-order valence-corrected chi connectivity index (χ2v) is 11.9. The fourth-order valence-electron chi connectivity index (χ4n) is 4.81. The number of amides is 1. The molecule has 1 aliphatic heterocycles. The third-order valence-electron chi connectivity index (χ3n) is 7.09. The van der Waals surface area contributed by atoms with E-state index in [1.54, 1.807) is 0 Å². The summed E-state index contributed by atoms with van der Waals surface area (Å²) >= 11 is 0.